The number of nitrogens with zero attached hydrogens (tertiary/aromatic N) is 2. The number of carbonyl (C=O) groups is 2. The van der Waals surface area contributed by atoms with Crippen LogP contribution in [0.3, 0.4) is 0 Å². The Labute approximate surface area is 155 Å². The highest BCUT2D eigenvalue weighted by atomic mass is 79.9. The lowest BCUT2D eigenvalue weighted by Gasteiger charge is -1.99. The monoisotopic (exact) mass is 450 g/mol. The summed E-state index contributed by atoms with van der Waals surface area (Å²) < 4.78 is 1.77. The van der Waals surface area contributed by atoms with Crippen LogP contribution in [-0.2, 0) is 9.59 Å². The van der Waals surface area contributed by atoms with Crippen molar-refractivity contribution in [1.82, 2.24) is 10.9 Å². The standard InChI is InChI=1S/C16H12Br2N4O2/c17-13-5-1-3-11(7-13)9-19-21-15(23)16(24)22-20-10-12-4-2-6-14(18)8-12/h1-10H,(H,21,23)(H,22,24). The average Bonchev–Trinajstić information content (AvgIpc) is 2.55. The van der Waals surface area contributed by atoms with Gasteiger partial charge in [0.15, 0.2) is 0 Å². The van der Waals surface area contributed by atoms with Crippen LogP contribution in [0.4, 0.5) is 0 Å². The molecule has 0 aromatic heterocycles. The van der Waals surface area contributed by atoms with Crippen LogP contribution in [0.5, 0.6) is 0 Å². The van der Waals surface area contributed by atoms with Gasteiger partial charge in [-0.3, -0.25) is 9.59 Å². The van der Waals surface area contributed by atoms with Crippen molar-refractivity contribution in [3.8, 4) is 0 Å². The topological polar surface area (TPSA) is 82.9 Å². The molecule has 0 aliphatic rings. The Hall–Kier alpha value is -2.32. The summed E-state index contributed by atoms with van der Waals surface area (Å²) in [6, 6.07) is 14.6. The fourth-order valence-electron chi connectivity index (χ4n) is 1.61. The lowest BCUT2D eigenvalue weighted by Crippen LogP contribution is -2.35. The first-order valence-electron chi connectivity index (χ1n) is 6.72. The Morgan fingerprint density at radius 2 is 1.21 bits per heavy atom. The Bertz CT molecular complexity index is 739. The molecule has 6 nitrogen and oxygen atoms in total. The average molecular weight is 452 g/mol. The van der Waals surface area contributed by atoms with E-state index in [0.29, 0.717) is 0 Å². The molecular formula is C16H12Br2N4O2. The van der Waals surface area contributed by atoms with E-state index >= 15 is 0 Å². The third kappa shape index (κ3) is 6.05. The minimum Gasteiger partial charge on any atom is -0.262 e. The van der Waals surface area contributed by atoms with E-state index < -0.39 is 11.8 Å². The molecule has 0 atom stereocenters. The number of amides is 2. The Morgan fingerprint density at radius 1 is 0.792 bits per heavy atom. The van der Waals surface area contributed by atoms with Gasteiger partial charge in [-0.25, -0.2) is 10.9 Å². The van der Waals surface area contributed by atoms with Gasteiger partial charge in [0.2, 0.25) is 0 Å². The summed E-state index contributed by atoms with van der Waals surface area (Å²) in [7, 11) is 0. The SMILES string of the molecule is O=C(NN=Cc1cccc(Br)c1)C(=O)NN=Cc1cccc(Br)c1. The molecule has 0 aliphatic heterocycles. The second-order valence-electron chi connectivity index (χ2n) is 4.51. The number of hydrogen-bond donors (Lipinski definition) is 2. The van der Waals surface area contributed by atoms with Gasteiger partial charge in [-0.05, 0) is 35.4 Å². The minimum absolute atomic E-state index is 0.776. The fourth-order valence-corrected chi connectivity index (χ4v) is 2.44. The van der Waals surface area contributed by atoms with Crippen molar-refractivity contribution in [1.29, 1.82) is 0 Å². The van der Waals surface area contributed by atoms with E-state index in [0.717, 1.165) is 20.1 Å². The van der Waals surface area contributed by atoms with Gasteiger partial charge in [-0.2, -0.15) is 10.2 Å². The number of hydrazone groups is 2. The van der Waals surface area contributed by atoms with Crippen LogP contribution in [0.15, 0.2) is 67.7 Å². The molecule has 8 heteroatoms. The fraction of sp³-hybridized carbons (Fsp3) is 0. The number of benzene rings is 2. The highest BCUT2D eigenvalue weighted by Crippen LogP contribution is 2.10. The van der Waals surface area contributed by atoms with Gasteiger partial charge in [-0.15, -0.1) is 0 Å². The third-order valence-corrected chi connectivity index (χ3v) is 3.65. The molecule has 2 rings (SSSR count). The molecule has 2 amide bonds. The Morgan fingerprint density at radius 3 is 1.58 bits per heavy atom. The summed E-state index contributed by atoms with van der Waals surface area (Å²) in [5.41, 5.74) is 5.81. The first-order chi connectivity index (χ1) is 11.5. The summed E-state index contributed by atoms with van der Waals surface area (Å²) in [6.45, 7) is 0. The van der Waals surface area contributed by atoms with Gasteiger partial charge >= 0.3 is 11.8 Å². The van der Waals surface area contributed by atoms with E-state index in [2.05, 4.69) is 52.9 Å². The summed E-state index contributed by atoms with van der Waals surface area (Å²) >= 11 is 6.65. The van der Waals surface area contributed by atoms with Gasteiger partial charge in [0.1, 0.15) is 0 Å². The molecular weight excluding hydrogens is 440 g/mol. The van der Waals surface area contributed by atoms with Crippen molar-refractivity contribution in [2.75, 3.05) is 0 Å². The van der Waals surface area contributed by atoms with Gasteiger partial charge in [-0.1, -0.05) is 56.1 Å². The molecule has 0 bridgehead atoms. The molecule has 0 radical (unpaired) electrons. The number of hydrogen-bond acceptors (Lipinski definition) is 4. The second-order valence-corrected chi connectivity index (χ2v) is 6.34. The predicted octanol–water partition coefficient (Wildman–Crippen LogP) is 2.81. The van der Waals surface area contributed by atoms with Crippen molar-refractivity contribution < 1.29 is 9.59 Å². The van der Waals surface area contributed by atoms with Gasteiger partial charge < -0.3 is 0 Å². The Balaban J connectivity index is 1.83. The maximum Gasteiger partial charge on any atom is 0.331 e. The van der Waals surface area contributed by atoms with Crippen molar-refractivity contribution in [2.24, 2.45) is 10.2 Å². The van der Waals surface area contributed by atoms with Crippen LogP contribution in [0.2, 0.25) is 0 Å². The molecule has 0 fully saturated rings. The molecule has 24 heavy (non-hydrogen) atoms. The Kier molecular flexibility index (Phi) is 6.83. The first kappa shape index (κ1) is 18.0. The highest BCUT2D eigenvalue weighted by Gasteiger charge is 2.10. The van der Waals surface area contributed by atoms with E-state index in [1.54, 1.807) is 0 Å². The molecule has 0 saturated carbocycles. The third-order valence-electron chi connectivity index (χ3n) is 2.66. The highest BCUT2D eigenvalue weighted by molar-refractivity contribution is 9.10. The van der Waals surface area contributed by atoms with Crippen LogP contribution in [0, 0.1) is 0 Å². The van der Waals surface area contributed by atoms with Crippen LogP contribution in [0.25, 0.3) is 0 Å². The van der Waals surface area contributed by atoms with E-state index in [4.69, 9.17) is 0 Å². The molecule has 2 N–H and O–H groups in total. The summed E-state index contributed by atoms with van der Waals surface area (Å²) in [5.74, 6) is -1.82. The lowest BCUT2D eigenvalue weighted by atomic mass is 10.2. The quantitative estimate of drug-likeness (QED) is 0.425. The summed E-state index contributed by atoms with van der Waals surface area (Å²) in [4.78, 5) is 23.1. The van der Waals surface area contributed by atoms with E-state index in [-0.39, 0.29) is 0 Å². The summed E-state index contributed by atoms with van der Waals surface area (Å²) in [5, 5.41) is 7.43. The molecule has 0 unspecified atom stereocenters. The van der Waals surface area contributed by atoms with Gasteiger partial charge in [0.25, 0.3) is 0 Å². The normalized spacial score (nSPS) is 10.9. The molecule has 0 heterocycles. The number of nitrogens with one attached hydrogen (secondary N) is 2. The maximum atomic E-state index is 11.6. The number of carbonyl (C=O) groups excluding carboxylic acids is 2. The number of halogens is 2. The minimum atomic E-state index is -0.910. The zero-order chi connectivity index (χ0) is 17.4. The zero-order valence-electron chi connectivity index (χ0n) is 12.2. The van der Waals surface area contributed by atoms with Crippen molar-refractivity contribution in [3.63, 3.8) is 0 Å². The zero-order valence-corrected chi connectivity index (χ0v) is 15.4. The van der Waals surface area contributed by atoms with E-state index in [9.17, 15) is 9.59 Å². The molecule has 0 aliphatic carbocycles. The first-order valence-corrected chi connectivity index (χ1v) is 8.31. The number of rotatable bonds is 4. The van der Waals surface area contributed by atoms with E-state index in [1.807, 2.05) is 48.5 Å². The smallest absolute Gasteiger partial charge is 0.262 e. The molecule has 2 aromatic rings. The van der Waals surface area contributed by atoms with Crippen LogP contribution >= 0.6 is 31.9 Å². The molecule has 122 valence electrons. The molecule has 2 aromatic carbocycles. The largest absolute Gasteiger partial charge is 0.331 e. The molecule has 0 saturated heterocycles. The van der Waals surface area contributed by atoms with Gasteiger partial charge in [0, 0.05) is 8.95 Å². The van der Waals surface area contributed by atoms with Crippen LogP contribution < -0.4 is 10.9 Å². The van der Waals surface area contributed by atoms with Crippen LogP contribution in [-0.4, -0.2) is 24.2 Å². The lowest BCUT2D eigenvalue weighted by molar-refractivity contribution is -0.139. The maximum absolute atomic E-state index is 11.6. The van der Waals surface area contributed by atoms with Crippen molar-refractivity contribution in [2.45, 2.75) is 0 Å². The predicted molar refractivity (Wildman–Crippen MR) is 99.8 cm³/mol. The van der Waals surface area contributed by atoms with Crippen LogP contribution in [0.1, 0.15) is 11.1 Å². The van der Waals surface area contributed by atoms with Gasteiger partial charge in [0.05, 0.1) is 12.4 Å². The van der Waals surface area contributed by atoms with E-state index in [1.165, 1.54) is 12.4 Å². The summed E-state index contributed by atoms with van der Waals surface area (Å²) in [6.07, 6.45) is 2.86. The molecule has 0 spiro atoms. The van der Waals surface area contributed by atoms with Crippen molar-refractivity contribution in [3.05, 3.63) is 68.6 Å². The van der Waals surface area contributed by atoms with Crippen molar-refractivity contribution >= 4 is 56.1 Å². The second kappa shape index (κ2) is 9.09.